The first kappa shape index (κ1) is 20.6. The Morgan fingerprint density at radius 1 is 1.30 bits per heavy atom. The normalized spacial score (nSPS) is 24.9. The van der Waals surface area contributed by atoms with Crippen molar-refractivity contribution in [1.82, 2.24) is 15.0 Å². The van der Waals surface area contributed by atoms with Gasteiger partial charge in [-0.3, -0.25) is 4.79 Å². The highest BCUT2D eigenvalue weighted by atomic mass is 32.2. The van der Waals surface area contributed by atoms with Crippen LogP contribution in [-0.2, 0) is 14.8 Å². The largest absolute Gasteiger partial charge is 0.492 e. The van der Waals surface area contributed by atoms with Gasteiger partial charge in [-0.25, -0.2) is 18.6 Å². The van der Waals surface area contributed by atoms with E-state index in [0.717, 1.165) is 23.5 Å². The summed E-state index contributed by atoms with van der Waals surface area (Å²) >= 11 is 0. The number of fused-ring (bicyclic) bond motifs is 1. The lowest BCUT2D eigenvalue weighted by molar-refractivity contribution is -0.116. The maximum Gasteiger partial charge on any atom is 0.275 e. The monoisotopic (exact) mass is 431 g/mol. The molecule has 4 rings (SSSR count). The number of ether oxygens (including phenoxy) is 1. The number of allylic oxidation sites excluding steroid dienone is 1. The van der Waals surface area contributed by atoms with Crippen LogP contribution in [0.2, 0.25) is 0 Å². The van der Waals surface area contributed by atoms with Crippen molar-refractivity contribution in [3.63, 3.8) is 0 Å². The van der Waals surface area contributed by atoms with E-state index in [4.69, 9.17) is 4.74 Å². The minimum Gasteiger partial charge on any atom is -0.492 e. The minimum absolute atomic E-state index is 0.298. The second-order valence-electron chi connectivity index (χ2n) is 7.72. The summed E-state index contributed by atoms with van der Waals surface area (Å²) in [6.45, 7) is 1.42. The SMILES string of the molecule is CNS(=O)(=O)C1CC1C1=NNC(=O)/C1=C1/C=Cc2cc(OCCN(C)C)ccc2N1. The summed E-state index contributed by atoms with van der Waals surface area (Å²) in [7, 11) is 1.98. The average Bonchev–Trinajstić information content (AvgIpc) is 3.44. The molecule has 0 bridgehead atoms. The van der Waals surface area contributed by atoms with Crippen LogP contribution in [0.25, 0.3) is 6.08 Å². The Bertz CT molecular complexity index is 1070. The molecule has 1 fully saturated rings. The Morgan fingerprint density at radius 2 is 2.10 bits per heavy atom. The standard InChI is InChI=1S/C20H25N5O4S/c1-21-30(27,28)17-11-14(17)19-18(20(26)24-23-19)16-6-4-12-10-13(5-7-15(12)22-16)29-9-8-25(2)3/h4-7,10,14,17,21-22H,8-9,11H2,1-3H3,(H,24,26)/b18-16-. The summed E-state index contributed by atoms with van der Waals surface area (Å²) in [6, 6.07) is 5.72. The summed E-state index contributed by atoms with van der Waals surface area (Å²) in [5, 5.41) is 6.83. The lowest BCUT2D eigenvalue weighted by Gasteiger charge is -2.19. The van der Waals surface area contributed by atoms with Crippen molar-refractivity contribution in [3.8, 4) is 5.75 Å². The van der Waals surface area contributed by atoms with Crippen LogP contribution < -0.4 is 20.2 Å². The van der Waals surface area contributed by atoms with Crippen molar-refractivity contribution in [1.29, 1.82) is 0 Å². The first-order valence-electron chi connectivity index (χ1n) is 9.72. The molecule has 1 aromatic carbocycles. The predicted octanol–water partition coefficient (Wildman–Crippen LogP) is 0.743. The van der Waals surface area contributed by atoms with Gasteiger partial charge in [0.25, 0.3) is 5.91 Å². The van der Waals surface area contributed by atoms with Gasteiger partial charge < -0.3 is 15.0 Å². The number of hydrazone groups is 1. The molecule has 1 saturated carbocycles. The van der Waals surface area contributed by atoms with E-state index in [1.807, 2.05) is 44.4 Å². The van der Waals surface area contributed by atoms with Crippen LogP contribution in [0.4, 0.5) is 5.69 Å². The summed E-state index contributed by atoms with van der Waals surface area (Å²) in [6.07, 6.45) is 4.16. The van der Waals surface area contributed by atoms with Crippen molar-refractivity contribution < 1.29 is 17.9 Å². The van der Waals surface area contributed by atoms with E-state index in [2.05, 4.69) is 25.5 Å². The topological polar surface area (TPSA) is 112 Å². The predicted molar refractivity (Wildman–Crippen MR) is 116 cm³/mol. The number of hydrogen-bond acceptors (Lipinski definition) is 7. The Hall–Kier alpha value is -2.69. The summed E-state index contributed by atoms with van der Waals surface area (Å²) in [4.78, 5) is 14.5. The third kappa shape index (κ3) is 3.98. The van der Waals surface area contributed by atoms with Crippen molar-refractivity contribution in [2.75, 3.05) is 39.6 Å². The molecular formula is C20H25N5O4S. The Labute approximate surface area is 175 Å². The van der Waals surface area contributed by atoms with Gasteiger partial charge in [0.1, 0.15) is 12.4 Å². The van der Waals surface area contributed by atoms with Gasteiger partial charge in [0.05, 0.1) is 22.2 Å². The van der Waals surface area contributed by atoms with Gasteiger partial charge in [-0.1, -0.05) is 6.08 Å². The number of nitrogens with one attached hydrogen (secondary N) is 3. The van der Waals surface area contributed by atoms with Gasteiger partial charge in [0.2, 0.25) is 10.0 Å². The van der Waals surface area contributed by atoms with Crippen LogP contribution in [0.5, 0.6) is 5.75 Å². The second-order valence-corrected chi connectivity index (χ2v) is 9.82. The third-order valence-corrected chi connectivity index (χ3v) is 7.21. The molecule has 1 amide bonds. The number of likely N-dealkylation sites (N-methyl/N-ethyl adjacent to an activating group) is 1. The van der Waals surface area contributed by atoms with Crippen molar-refractivity contribution >= 4 is 33.4 Å². The molecule has 9 nitrogen and oxygen atoms in total. The van der Waals surface area contributed by atoms with Crippen molar-refractivity contribution in [3.05, 3.63) is 41.1 Å². The maximum atomic E-state index is 12.4. The van der Waals surface area contributed by atoms with Gasteiger partial charge in [-0.15, -0.1) is 0 Å². The minimum atomic E-state index is -3.40. The van der Waals surface area contributed by atoms with Crippen LogP contribution in [-0.4, -0.2) is 64.5 Å². The number of sulfonamides is 1. The molecule has 2 heterocycles. The molecule has 1 aliphatic carbocycles. The first-order chi connectivity index (χ1) is 14.3. The van der Waals surface area contributed by atoms with Gasteiger partial charge in [0.15, 0.2) is 0 Å². The van der Waals surface area contributed by atoms with E-state index in [0.29, 0.717) is 30.0 Å². The van der Waals surface area contributed by atoms with E-state index in [1.165, 1.54) is 7.05 Å². The lowest BCUT2D eigenvalue weighted by Crippen LogP contribution is -2.26. The second kappa shape index (κ2) is 7.86. The summed E-state index contributed by atoms with van der Waals surface area (Å²) in [5.74, 6) is 0.141. The van der Waals surface area contributed by atoms with Crippen molar-refractivity contribution in [2.24, 2.45) is 11.0 Å². The zero-order valence-corrected chi connectivity index (χ0v) is 17.9. The van der Waals surface area contributed by atoms with Gasteiger partial charge in [0, 0.05) is 23.7 Å². The molecule has 3 aliphatic rings. The van der Waals surface area contributed by atoms with Crippen LogP contribution in [0.15, 0.2) is 40.6 Å². The van der Waals surface area contributed by atoms with E-state index >= 15 is 0 Å². The van der Waals surface area contributed by atoms with Gasteiger partial charge in [-0.05, 0) is 51.8 Å². The molecular weight excluding hydrogens is 406 g/mol. The molecule has 160 valence electrons. The fraction of sp³-hybridized carbons (Fsp3) is 0.400. The van der Waals surface area contributed by atoms with Crippen LogP contribution in [0.3, 0.4) is 0 Å². The Balaban J connectivity index is 1.54. The number of hydrogen-bond donors (Lipinski definition) is 3. The fourth-order valence-corrected chi connectivity index (χ4v) is 4.88. The number of carbonyl (C=O) groups is 1. The molecule has 0 aromatic heterocycles. The van der Waals surface area contributed by atoms with E-state index in [9.17, 15) is 13.2 Å². The van der Waals surface area contributed by atoms with Crippen LogP contribution in [0, 0.1) is 5.92 Å². The van der Waals surface area contributed by atoms with Crippen LogP contribution in [0.1, 0.15) is 12.0 Å². The molecule has 2 unspecified atom stereocenters. The molecule has 1 aromatic rings. The molecule has 10 heteroatoms. The van der Waals surface area contributed by atoms with Gasteiger partial charge in [-0.2, -0.15) is 5.10 Å². The fourth-order valence-electron chi connectivity index (χ4n) is 3.56. The zero-order valence-electron chi connectivity index (χ0n) is 17.1. The number of amides is 1. The molecule has 2 aliphatic heterocycles. The highest BCUT2D eigenvalue weighted by molar-refractivity contribution is 7.90. The summed E-state index contributed by atoms with van der Waals surface area (Å²) < 4.78 is 32.3. The zero-order chi connectivity index (χ0) is 21.5. The summed E-state index contributed by atoms with van der Waals surface area (Å²) in [5.41, 5.74) is 5.74. The quantitative estimate of drug-likeness (QED) is 0.549. The molecule has 2 atom stereocenters. The molecule has 0 radical (unpaired) electrons. The number of benzene rings is 1. The lowest BCUT2D eigenvalue weighted by atomic mass is 10.0. The maximum absolute atomic E-state index is 12.4. The Morgan fingerprint density at radius 3 is 2.83 bits per heavy atom. The smallest absolute Gasteiger partial charge is 0.275 e. The Kier molecular flexibility index (Phi) is 5.39. The highest BCUT2D eigenvalue weighted by Crippen LogP contribution is 2.42. The van der Waals surface area contributed by atoms with E-state index in [1.54, 1.807) is 0 Å². The number of rotatable bonds is 7. The first-order valence-corrected chi connectivity index (χ1v) is 11.3. The number of nitrogens with zero attached hydrogens (tertiary/aromatic N) is 2. The van der Waals surface area contributed by atoms with Gasteiger partial charge >= 0.3 is 0 Å². The van der Waals surface area contributed by atoms with Crippen LogP contribution >= 0.6 is 0 Å². The molecule has 0 spiro atoms. The van der Waals surface area contributed by atoms with Crippen molar-refractivity contribution in [2.45, 2.75) is 11.7 Å². The third-order valence-electron chi connectivity index (χ3n) is 5.33. The van der Waals surface area contributed by atoms with E-state index in [-0.39, 0.29) is 11.8 Å². The molecule has 30 heavy (non-hydrogen) atoms. The highest BCUT2D eigenvalue weighted by Gasteiger charge is 2.52. The molecule has 3 N–H and O–H groups in total. The number of carbonyl (C=O) groups excluding carboxylic acids is 1. The average molecular weight is 432 g/mol. The van der Waals surface area contributed by atoms with E-state index < -0.39 is 15.3 Å². The number of anilines is 1. The molecule has 0 saturated heterocycles.